The van der Waals surface area contributed by atoms with E-state index in [4.69, 9.17) is 4.74 Å². The van der Waals surface area contributed by atoms with Crippen LogP contribution in [0.1, 0.15) is 36.7 Å². The van der Waals surface area contributed by atoms with Crippen LogP contribution in [0.5, 0.6) is 0 Å². The second-order valence-electron chi connectivity index (χ2n) is 7.15. The third kappa shape index (κ3) is 7.49. The summed E-state index contributed by atoms with van der Waals surface area (Å²) in [6.45, 7) is 5.60. The first-order valence-corrected chi connectivity index (χ1v) is 8.92. The van der Waals surface area contributed by atoms with Gasteiger partial charge in [0.25, 0.3) is 5.91 Å². The van der Waals surface area contributed by atoms with Gasteiger partial charge >= 0.3 is 6.09 Å². The second kappa shape index (κ2) is 9.55. The standard InChI is InChI=1S/C21H25N3O4/c1-21(2,3)28-20(27)24-17-11-9-16(10-12-17)19(26)23-14-18(25)22-13-15-7-5-4-6-8-15/h4-12H,13-14H2,1-3H3,(H,22,25)(H,23,26)(H,24,27). The molecule has 0 aromatic heterocycles. The van der Waals surface area contributed by atoms with Crippen molar-refractivity contribution in [3.05, 3.63) is 65.7 Å². The molecule has 2 aromatic rings. The maximum atomic E-state index is 12.1. The number of rotatable bonds is 6. The van der Waals surface area contributed by atoms with Crippen LogP contribution in [0.25, 0.3) is 0 Å². The van der Waals surface area contributed by atoms with Crippen molar-refractivity contribution in [1.29, 1.82) is 0 Å². The van der Waals surface area contributed by atoms with Gasteiger partial charge in [-0.05, 0) is 50.6 Å². The van der Waals surface area contributed by atoms with Gasteiger partial charge in [0.2, 0.25) is 5.91 Å². The average Bonchev–Trinajstić information content (AvgIpc) is 2.64. The summed E-state index contributed by atoms with van der Waals surface area (Å²) in [5.41, 5.74) is 1.28. The van der Waals surface area contributed by atoms with E-state index in [1.165, 1.54) is 0 Å². The summed E-state index contributed by atoms with van der Waals surface area (Å²) in [5, 5.41) is 7.89. The van der Waals surface area contributed by atoms with Crippen LogP contribution < -0.4 is 16.0 Å². The summed E-state index contributed by atoms with van der Waals surface area (Å²) >= 11 is 0. The molecule has 0 unspecified atom stereocenters. The van der Waals surface area contributed by atoms with E-state index >= 15 is 0 Å². The summed E-state index contributed by atoms with van der Waals surface area (Å²) < 4.78 is 5.17. The Morgan fingerprint density at radius 2 is 1.54 bits per heavy atom. The number of hydrogen-bond donors (Lipinski definition) is 3. The minimum atomic E-state index is -0.592. The highest BCUT2D eigenvalue weighted by molar-refractivity contribution is 5.97. The molecule has 3 N–H and O–H groups in total. The molecule has 0 aliphatic carbocycles. The van der Waals surface area contributed by atoms with Crippen LogP contribution in [0.4, 0.5) is 10.5 Å². The predicted octanol–water partition coefficient (Wildman–Crippen LogP) is 3.08. The number of carbonyl (C=O) groups excluding carboxylic acids is 3. The van der Waals surface area contributed by atoms with Crippen molar-refractivity contribution in [3.63, 3.8) is 0 Å². The van der Waals surface area contributed by atoms with E-state index in [1.807, 2.05) is 30.3 Å². The van der Waals surface area contributed by atoms with Gasteiger partial charge < -0.3 is 15.4 Å². The Hall–Kier alpha value is -3.35. The number of ether oxygens (including phenoxy) is 1. The zero-order chi connectivity index (χ0) is 20.6. The summed E-state index contributed by atoms with van der Waals surface area (Å²) in [6.07, 6.45) is -0.570. The molecule has 7 nitrogen and oxygen atoms in total. The fourth-order valence-electron chi connectivity index (χ4n) is 2.25. The zero-order valence-electron chi connectivity index (χ0n) is 16.2. The van der Waals surface area contributed by atoms with Gasteiger partial charge in [0.1, 0.15) is 5.60 Å². The highest BCUT2D eigenvalue weighted by Crippen LogP contribution is 2.13. The molecule has 0 heterocycles. The van der Waals surface area contributed by atoms with E-state index in [0.29, 0.717) is 17.8 Å². The van der Waals surface area contributed by atoms with Gasteiger partial charge in [-0.3, -0.25) is 14.9 Å². The molecule has 7 heteroatoms. The van der Waals surface area contributed by atoms with Gasteiger partial charge in [-0.1, -0.05) is 30.3 Å². The average molecular weight is 383 g/mol. The molecule has 0 aliphatic heterocycles. The lowest BCUT2D eigenvalue weighted by Gasteiger charge is -2.19. The Morgan fingerprint density at radius 3 is 2.14 bits per heavy atom. The molecule has 3 amide bonds. The van der Waals surface area contributed by atoms with Crippen molar-refractivity contribution < 1.29 is 19.1 Å². The first-order valence-electron chi connectivity index (χ1n) is 8.92. The van der Waals surface area contributed by atoms with Crippen LogP contribution in [0, 0.1) is 0 Å². The monoisotopic (exact) mass is 383 g/mol. The molecule has 0 fully saturated rings. The number of hydrogen-bond acceptors (Lipinski definition) is 4. The molecule has 0 saturated carbocycles. The van der Waals surface area contributed by atoms with Crippen LogP contribution in [0.15, 0.2) is 54.6 Å². The number of amides is 3. The first kappa shape index (κ1) is 21.0. The van der Waals surface area contributed by atoms with Gasteiger partial charge in [0, 0.05) is 17.8 Å². The van der Waals surface area contributed by atoms with Gasteiger partial charge in [0.15, 0.2) is 0 Å². The Kier molecular flexibility index (Phi) is 7.14. The van der Waals surface area contributed by atoms with Crippen LogP contribution in [0.2, 0.25) is 0 Å². The van der Waals surface area contributed by atoms with Crippen molar-refractivity contribution in [2.24, 2.45) is 0 Å². The van der Waals surface area contributed by atoms with E-state index in [1.54, 1.807) is 45.0 Å². The van der Waals surface area contributed by atoms with E-state index in [2.05, 4.69) is 16.0 Å². The molecular formula is C21H25N3O4. The molecule has 148 valence electrons. The molecule has 0 radical (unpaired) electrons. The van der Waals surface area contributed by atoms with Crippen molar-refractivity contribution in [1.82, 2.24) is 10.6 Å². The zero-order valence-corrected chi connectivity index (χ0v) is 16.2. The largest absolute Gasteiger partial charge is 0.444 e. The lowest BCUT2D eigenvalue weighted by molar-refractivity contribution is -0.120. The normalized spacial score (nSPS) is 10.7. The van der Waals surface area contributed by atoms with Crippen molar-refractivity contribution >= 4 is 23.6 Å². The molecule has 0 aliphatic rings. The molecular weight excluding hydrogens is 358 g/mol. The van der Waals surface area contributed by atoms with Gasteiger partial charge in [0.05, 0.1) is 6.54 Å². The van der Waals surface area contributed by atoms with E-state index in [9.17, 15) is 14.4 Å². The van der Waals surface area contributed by atoms with Crippen LogP contribution in [-0.2, 0) is 16.1 Å². The highest BCUT2D eigenvalue weighted by atomic mass is 16.6. The molecule has 0 atom stereocenters. The highest BCUT2D eigenvalue weighted by Gasteiger charge is 2.16. The number of carbonyl (C=O) groups is 3. The summed E-state index contributed by atoms with van der Waals surface area (Å²) in [5.74, 6) is -0.654. The molecule has 28 heavy (non-hydrogen) atoms. The van der Waals surface area contributed by atoms with Crippen LogP contribution >= 0.6 is 0 Å². The van der Waals surface area contributed by atoms with E-state index < -0.39 is 11.7 Å². The van der Waals surface area contributed by atoms with E-state index in [0.717, 1.165) is 5.56 Å². The van der Waals surface area contributed by atoms with Gasteiger partial charge in [-0.2, -0.15) is 0 Å². The Bertz CT molecular complexity index is 812. The van der Waals surface area contributed by atoms with E-state index in [-0.39, 0.29) is 18.4 Å². The fraction of sp³-hybridized carbons (Fsp3) is 0.286. The predicted molar refractivity (Wildman–Crippen MR) is 107 cm³/mol. The lowest BCUT2D eigenvalue weighted by Crippen LogP contribution is -2.36. The number of anilines is 1. The third-order valence-electron chi connectivity index (χ3n) is 3.53. The molecule has 0 saturated heterocycles. The number of benzene rings is 2. The molecule has 2 rings (SSSR count). The fourth-order valence-corrected chi connectivity index (χ4v) is 2.25. The minimum Gasteiger partial charge on any atom is -0.444 e. The third-order valence-corrected chi connectivity index (χ3v) is 3.53. The summed E-state index contributed by atoms with van der Waals surface area (Å²) in [4.78, 5) is 35.7. The lowest BCUT2D eigenvalue weighted by atomic mass is 10.2. The summed E-state index contributed by atoms with van der Waals surface area (Å²) in [7, 11) is 0. The molecule has 2 aromatic carbocycles. The first-order chi connectivity index (χ1) is 13.2. The maximum Gasteiger partial charge on any atom is 0.412 e. The number of nitrogens with one attached hydrogen (secondary N) is 3. The Labute approximate surface area is 164 Å². The van der Waals surface area contributed by atoms with Gasteiger partial charge in [-0.25, -0.2) is 4.79 Å². The Morgan fingerprint density at radius 1 is 0.893 bits per heavy atom. The van der Waals surface area contributed by atoms with Crippen molar-refractivity contribution in [3.8, 4) is 0 Å². The Balaban J connectivity index is 1.77. The SMILES string of the molecule is CC(C)(C)OC(=O)Nc1ccc(C(=O)NCC(=O)NCc2ccccc2)cc1. The van der Waals surface area contributed by atoms with Gasteiger partial charge in [-0.15, -0.1) is 0 Å². The van der Waals surface area contributed by atoms with Crippen LogP contribution in [-0.4, -0.2) is 30.1 Å². The molecule has 0 spiro atoms. The molecule has 0 bridgehead atoms. The smallest absolute Gasteiger partial charge is 0.412 e. The second-order valence-corrected chi connectivity index (χ2v) is 7.15. The summed E-state index contributed by atoms with van der Waals surface area (Å²) in [6, 6.07) is 15.8. The minimum absolute atomic E-state index is 0.121. The van der Waals surface area contributed by atoms with Crippen molar-refractivity contribution in [2.45, 2.75) is 32.9 Å². The quantitative estimate of drug-likeness (QED) is 0.714. The van der Waals surface area contributed by atoms with Crippen molar-refractivity contribution in [2.75, 3.05) is 11.9 Å². The topological polar surface area (TPSA) is 96.5 Å². The van der Waals surface area contributed by atoms with Crippen LogP contribution in [0.3, 0.4) is 0 Å². The maximum absolute atomic E-state index is 12.1.